The average molecular weight is 228 g/mol. The lowest BCUT2D eigenvalue weighted by molar-refractivity contribution is 0.284. The van der Waals surface area contributed by atoms with E-state index >= 15 is 0 Å². The molecule has 2 N–H and O–H groups in total. The molecule has 1 rings (SSSR count). The number of nitrogens with two attached hydrogens (primary N) is 1. The fraction of sp³-hybridized carbons (Fsp3) is 0.917. The van der Waals surface area contributed by atoms with Crippen molar-refractivity contribution < 1.29 is 0 Å². The zero-order chi connectivity index (χ0) is 11.5. The van der Waals surface area contributed by atoms with Crippen molar-refractivity contribution in [1.29, 1.82) is 0 Å². The van der Waals surface area contributed by atoms with Crippen molar-refractivity contribution in [3.63, 3.8) is 0 Å². The van der Waals surface area contributed by atoms with Crippen LogP contribution >= 0.6 is 12.2 Å². The Hall–Kier alpha value is -0.150. The Balaban J connectivity index is 2.29. The zero-order valence-electron chi connectivity index (χ0n) is 10.3. The number of hydrogen-bond acceptors (Lipinski definition) is 2. The van der Waals surface area contributed by atoms with E-state index in [1.165, 1.54) is 25.9 Å². The summed E-state index contributed by atoms with van der Waals surface area (Å²) in [5, 5.41) is 0. The van der Waals surface area contributed by atoms with Crippen molar-refractivity contribution in [1.82, 2.24) is 4.90 Å². The standard InChI is InChI=1S/C12H24N2S/c1-4-10-5-7-14(9-10)8-6-12(2,3)11(13)15/h10H,4-9H2,1-3H3,(H2,13,15). The summed E-state index contributed by atoms with van der Waals surface area (Å²) in [7, 11) is 0. The number of hydrogen-bond donors (Lipinski definition) is 1. The summed E-state index contributed by atoms with van der Waals surface area (Å²) in [6.45, 7) is 10.2. The molecule has 1 saturated heterocycles. The number of rotatable bonds is 5. The minimum Gasteiger partial charge on any atom is -0.393 e. The highest BCUT2D eigenvalue weighted by Gasteiger charge is 2.25. The first kappa shape index (κ1) is 12.9. The maximum Gasteiger partial charge on any atom is 0.0784 e. The van der Waals surface area contributed by atoms with E-state index < -0.39 is 0 Å². The SMILES string of the molecule is CCC1CCN(CCC(C)(C)C(N)=S)C1. The molecule has 0 amide bonds. The molecule has 0 aromatic carbocycles. The molecule has 3 heteroatoms. The first-order valence-electron chi connectivity index (χ1n) is 5.98. The van der Waals surface area contributed by atoms with Crippen molar-refractivity contribution in [3.05, 3.63) is 0 Å². The molecule has 1 heterocycles. The first-order chi connectivity index (χ1) is 6.95. The molecule has 0 aromatic heterocycles. The van der Waals surface area contributed by atoms with Crippen LogP contribution in [-0.4, -0.2) is 29.5 Å². The lowest BCUT2D eigenvalue weighted by Gasteiger charge is -2.26. The third-order valence-corrected chi connectivity index (χ3v) is 4.22. The van der Waals surface area contributed by atoms with Crippen LogP contribution in [0, 0.1) is 11.3 Å². The molecule has 0 bridgehead atoms. The number of nitrogens with zero attached hydrogens (tertiary/aromatic N) is 1. The van der Waals surface area contributed by atoms with Crippen LogP contribution < -0.4 is 5.73 Å². The van der Waals surface area contributed by atoms with Gasteiger partial charge in [0, 0.05) is 12.0 Å². The van der Waals surface area contributed by atoms with E-state index in [1.54, 1.807) is 0 Å². The van der Waals surface area contributed by atoms with Crippen LogP contribution in [0.3, 0.4) is 0 Å². The van der Waals surface area contributed by atoms with E-state index in [4.69, 9.17) is 18.0 Å². The van der Waals surface area contributed by atoms with Crippen molar-refractivity contribution in [2.45, 2.75) is 40.0 Å². The summed E-state index contributed by atoms with van der Waals surface area (Å²) < 4.78 is 0. The lowest BCUT2D eigenvalue weighted by atomic mass is 9.89. The molecule has 1 unspecified atom stereocenters. The van der Waals surface area contributed by atoms with Gasteiger partial charge in [-0.15, -0.1) is 0 Å². The van der Waals surface area contributed by atoms with Crippen molar-refractivity contribution >= 4 is 17.2 Å². The van der Waals surface area contributed by atoms with Crippen LogP contribution in [0.4, 0.5) is 0 Å². The van der Waals surface area contributed by atoms with Crippen LogP contribution in [0.25, 0.3) is 0 Å². The van der Waals surface area contributed by atoms with Gasteiger partial charge in [-0.3, -0.25) is 0 Å². The summed E-state index contributed by atoms with van der Waals surface area (Å²) in [5.41, 5.74) is 5.73. The summed E-state index contributed by atoms with van der Waals surface area (Å²) >= 11 is 5.08. The van der Waals surface area contributed by atoms with Crippen LogP contribution in [0.5, 0.6) is 0 Å². The molecule has 15 heavy (non-hydrogen) atoms. The zero-order valence-corrected chi connectivity index (χ0v) is 11.1. The quantitative estimate of drug-likeness (QED) is 0.733. The van der Waals surface area contributed by atoms with E-state index in [-0.39, 0.29) is 5.41 Å². The van der Waals surface area contributed by atoms with Gasteiger partial charge in [-0.1, -0.05) is 39.4 Å². The van der Waals surface area contributed by atoms with E-state index in [2.05, 4.69) is 25.7 Å². The van der Waals surface area contributed by atoms with Gasteiger partial charge < -0.3 is 10.6 Å². The van der Waals surface area contributed by atoms with Crippen molar-refractivity contribution in [2.75, 3.05) is 19.6 Å². The van der Waals surface area contributed by atoms with Crippen molar-refractivity contribution in [2.24, 2.45) is 17.1 Å². The van der Waals surface area contributed by atoms with Gasteiger partial charge in [-0.05, 0) is 31.8 Å². The summed E-state index contributed by atoms with van der Waals surface area (Å²) in [5.74, 6) is 0.915. The minimum atomic E-state index is 0.0135. The predicted octanol–water partition coefficient (Wildman–Crippen LogP) is 2.42. The van der Waals surface area contributed by atoms with Gasteiger partial charge in [0.15, 0.2) is 0 Å². The molecule has 0 spiro atoms. The largest absolute Gasteiger partial charge is 0.393 e. The fourth-order valence-corrected chi connectivity index (χ4v) is 2.11. The van der Waals surface area contributed by atoms with Gasteiger partial charge in [0.25, 0.3) is 0 Å². The third-order valence-electron chi connectivity index (χ3n) is 3.67. The predicted molar refractivity (Wildman–Crippen MR) is 70.0 cm³/mol. The summed E-state index contributed by atoms with van der Waals surface area (Å²) in [6.07, 6.45) is 3.76. The highest BCUT2D eigenvalue weighted by atomic mass is 32.1. The van der Waals surface area contributed by atoms with E-state index in [0.717, 1.165) is 18.9 Å². The second-order valence-electron chi connectivity index (χ2n) is 5.36. The maximum atomic E-state index is 5.72. The molecule has 0 radical (unpaired) electrons. The monoisotopic (exact) mass is 228 g/mol. The van der Waals surface area contributed by atoms with E-state index in [0.29, 0.717) is 4.99 Å². The van der Waals surface area contributed by atoms with Crippen LogP contribution in [0.15, 0.2) is 0 Å². The van der Waals surface area contributed by atoms with Gasteiger partial charge in [0.1, 0.15) is 0 Å². The third kappa shape index (κ3) is 3.72. The molecule has 1 aliphatic rings. The molecular weight excluding hydrogens is 204 g/mol. The highest BCUT2D eigenvalue weighted by molar-refractivity contribution is 7.80. The van der Waals surface area contributed by atoms with Crippen LogP contribution in [0.1, 0.15) is 40.0 Å². The molecule has 2 nitrogen and oxygen atoms in total. The second-order valence-corrected chi connectivity index (χ2v) is 5.80. The molecule has 1 fully saturated rings. The van der Waals surface area contributed by atoms with Gasteiger partial charge in [-0.25, -0.2) is 0 Å². The lowest BCUT2D eigenvalue weighted by Crippen LogP contribution is -2.34. The summed E-state index contributed by atoms with van der Waals surface area (Å²) in [4.78, 5) is 3.20. The van der Waals surface area contributed by atoms with Crippen LogP contribution in [0.2, 0.25) is 0 Å². The topological polar surface area (TPSA) is 29.3 Å². The second kappa shape index (κ2) is 5.26. The van der Waals surface area contributed by atoms with Gasteiger partial charge in [0.05, 0.1) is 4.99 Å². The normalized spacial score (nSPS) is 23.3. The smallest absolute Gasteiger partial charge is 0.0784 e. The molecule has 1 aliphatic heterocycles. The molecule has 88 valence electrons. The van der Waals surface area contributed by atoms with Gasteiger partial charge in [-0.2, -0.15) is 0 Å². The van der Waals surface area contributed by atoms with Gasteiger partial charge >= 0.3 is 0 Å². The van der Waals surface area contributed by atoms with Crippen molar-refractivity contribution in [3.8, 4) is 0 Å². The van der Waals surface area contributed by atoms with E-state index in [1.807, 2.05) is 0 Å². The Morgan fingerprint density at radius 1 is 1.53 bits per heavy atom. The molecule has 0 saturated carbocycles. The first-order valence-corrected chi connectivity index (χ1v) is 6.39. The highest BCUT2D eigenvalue weighted by Crippen LogP contribution is 2.24. The maximum absolute atomic E-state index is 5.72. The van der Waals surface area contributed by atoms with E-state index in [9.17, 15) is 0 Å². The Labute approximate surface area is 99.2 Å². The Bertz CT molecular complexity index is 226. The Kier molecular flexibility index (Phi) is 4.53. The molecule has 0 aliphatic carbocycles. The van der Waals surface area contributed by atoms with Gasteiger partial charge in [0.2, 0.25) is 0 Å². The molecule has 0 aromatic rings. The summed E-state index contributed by atoms with van der Waals surface area (Å²) in [6, 6.07) is 0. The Morgan fingerprint density at radius 2 is 2.20 bits per heavy atom. The number of thiocarbonyl (C=S) groups is 1. The molecule has 1 atom stereocenters. The van der Waals surface area contributed by atoms with Crippen LogP contribution in [-0.2, 0) is 0 Å². The Morgan fingerprint density at radius 3 is 2.67 bits per heavy atom. The number of likely N-dealkylation sites (tertiary alicyclic amines) is 1. The fourth-order valence-electron chi connectivity index (χ4n) is 2.01. The average Bonchev–Trinajstić information content (AvgIpc) is 2.62. The minimum absolute atomic E-state index is 0.0135. The molecular formula is C12H24N2S.